The normalized spacial score (nSPS) is 18.6. The Balaban J connectivity index is 2.14. The molecule has 0 radical (unpaired) electrons. The summed E-state index contributed by atoms with van der Waals surface area (Å²) < 4.78 is 0. The van der Waals surface area contributed by atoms with Crippen LogP contribution in [-0.2, 0) is 4.79 Å². The number of nitrogens with zero attached hydrogens (tertiary/aromatic N) is 2. The van der Waals surface area contributed by atoms with Crippen LogP contribution in [0.1, 0.15) is 25.3 Å². The van der Waals surface area contributed by atoms with E-state index in [1.807, 2.05) is 37.2 Å². The maximum Gasteiger partial charge on any atom is 0.232 e. The Bertz CT molecular complexity index is 473. The number of para-hydroxylation sites is 1. The van der Waals surface area contributed by atoms with Gasteiger partial charge in [0.05, 0.1) is 5.92 Å². The van der Waals surface area contributed by atoms with Crippen molar-refractivity contribution >= 4 is 11.6 Å². The molecule has 4 heteroatoms. The van der Waals surface area contributed by atoms with Crippen LogP contribution in [0, 0.1) is 0 Å². The SMILES string of the molecule is CCN(C(=O)C1CNc2ccccc21)C(C)CN(C)C. The maximum atomic E-state index is 12.8. The molecule has 0 bridgehead atoms. The average molecular weight is 275 g/mol. The number of anilines is 1. The quantitative estimate of drug-likeness (QED) is 0.892. The van der Waals surface area contributed by atoms with Gasteiger partial charge in [0.1, 0.15) is 0 Å². The lowest BCUT2D eigenvalue weighted by molar-refractivity contribution is -0.134. The molecule has 20 heavy (non-hydrogen) atoms. The third-order valence-electron chi connectivity index (χ3n) is 3.92. The molecular weight excluding hydrogens is 250 g/mol. The molecule has 0 spiro atoms. The van der Waals surface area contributed by atoms with E-state index in [0.29, 0.717) is 6.54 Å². The van der Waals surface area contributed by atoms with Crippen molar-refractivity contribution in [2.75, 3.05) is 39.0 Å². The van der Waals surface area contributed by atoms with E-state index in [4.69, 9.17) is 0 Å². The summed E-state index contributed by atoms with van der Waals surface area (Å²) in [4.78, 5) is 17.0. The highest BCUT2D eigenvalue weighted by Crippen LogP contribution is 2.32. The Morgan fingerprint density at radius 3 is 2.75 bits per heavy atom. The molecule has 2 atom stereocenters. The largest absolute Gasteiger partial charge is 0.384 e. The van der Waals surface area contributed by atoms with Gasteiger partial charge in [0.25, 0.3) is 0 Å². The number of rotatable bonds is 5. The van der Waals surface area contributed by atoms with Gasteiger partial charge in [-0.15, -0.1) is 0 Å². The summed E-state index contributed by atoms with van der Waals surface area (Å²) in [5.74, 6) is 0.190. The van der Waals surface area contributed by atoms with Gasteiger partial charge in [0, 0.05) is 31.4 Å². The van der Waals surface area contributed by atoms with Crippen LogP contribution in [0.4, 0.5) is 5.69 Å². The second-order valence-corrected chi connectivity index (χ2v) is 5.76. The molecule has 1 amide bonds. The molecule has 1 aromatic rings. The number of carbonyl (C=O) groups excluding carboxylic acids is 1. The van der Waals surface area contributed by atoms with E-state index < -0.39 is 0 Å². The summed E-state index contributed by atoms with van der Waals surface area (Å²) in [6.07, 6.45) is 0. The average Bonchev–Trinajstić information content (AvgIpc) is 2.82. The fourth-order valence-corrected chi connectivity index (χ4v) is 3.02. The Morgan fingerprint density at radius 2 is 2.10 bits per heavy atom. The molecule has 0 fully saturated rings. The lowest BCUT2D eigenvalue weighted by atomic mass is 9.99. The molecule has 0 saturated heterocycles. The molecule has 1 N–H and O–H groups in total. The zero-order valence-electron chi connectivity index (χ0n) is 12.9. The first-order chi connectivity index (χ1) is 9.54. The molecule has 2 unspecified atom stereocenters. The highest BCUT2D eigenvalue weighted by Gasteiger charge is 2.32. The van der Waals surface area contributed by atoms with E-state index in [9.17, 15) is 4.79 Å². The van der Waals surface area contributed by atoms with Crippen LogP contribution >= 0.6 is 0 Å². The van der Waals surface area contributed by atoms with Gasteiger partial charge in [-0.1, -0.05) is 18.2 Å². The molecule has 2 rings (SSSR count). The second kappa shape index (κ2) is 6.27. The Kier molecular flexibility index (Phi) is 4.65. The van der Waals surface area contributed by atoms with Gasteiger partial charge in [0.15, 0.2) is 0 Å². The summed E-state index contributed by atoms with van der Waals surface area (Å²) in [6, 6.07) is 8.34. The maximum absolute atomic E-state index is 12.8. The number of carbonyl (C=O) groups is 1. The van der Waals surface area contributed by atoms with Crippen LogP contribution in [0.25, 0.3) is 0 Å². The Labute approximate surface area is 121 Å². The lowest BCUT2D eigenvalue weighted by Gasteiger charge is -2.32. The summed E-state index contributed by atoms with van der Waals surface area (Å²) in [6.45, 7) is 6.53. The van der Waals surface area contributed by atoms with E-state index in [0.717, 1.165) is 24.3 Å². The predicted octanol–water partition coefficient (Wildman–Crippen LogP) is 1.99. The molecule has 1 aromatic carbocycles. The Morgan fingerprint density at radius 1 is 1.40 bits per heavy atom. The van der Waals surface area contributed by atoms with Crippen LogP contribution in [0.15, 0.2) is 24.3 Å². The zero-order valence-corrected chi connectivity index (χ0v) is 12.9. The fraction of sp³-hybridized carbons (Fsp3) is 0.562. The molecule has 110 valence electrons. The van der Waals surface area contributed by atoms with Gasteiger partial charge in [-0.05, 0) is 39.6 Å². The number of hydrogen-bond donors (Lipinski definition) is 1. The molecule has 1 heterocycles. The molecule has 1 aliphatic heterocycles. The van der Waals surface area contributed by atoms with Crippen molar-refractivity contribution < 1.29 is 4.79 Å². The van der Waals surface area contributed by atoms with Crippen molar-refractivity contribution in [1.82, 2.24) is 9.80 Å². The minimum atomic E-state index is -0.0456. The predicted molar refractivity (Wildman–Crippen MR) is 83.1 cm³/mol. The molecule has 0 aliphatic carbocycles. The van der Waals surface area contributed by atoms with Crippen LogP contribution in [-0.4, -0.2) is 55.5 Å². The van der Waals surface area contributed by atoms with Gasteiger partial charge >= 0.3 is 0 Å². The van der Waals surface area contributed by atoms with E-state index in [1.54, 1.807) is 0 Å². The van der Waals surface area contributed by atoms with Crippen LogP contribution in [0.2, 0.25) is 0 Å². The monoisotopic (exact) mass is 275 g/mol. The third-order valence-corrected chi connectivity index (χ3v) is 3.92. The summed E-state index contributed by atoms with van der Waals surface area (Å²) >= 11 is 0. The number of likely N-dealkylation sites (N-methyl/N-ethyl adjacent to an activating group) is 2. The summed E-state index contributed by atoms with van der Waals surface area (Å²) in [5.41, 5.74) is 2.23. The van der Waals surface area contributed by atoms with E-state index in [1.165, 1.54) is 0 Å². The minimum Gasteiger partial charge on any atom is -0.384 e. The van der Waals surface area contributed by atoms with Gasteiger partial charge in [-0.25, -0.2) is 0 Å². The lowest BCUT2D eigenvalue weighted by Crippen LogP contribution is -2.46. The second-order valence-electron chi connectivity index (χ2n) is 5.76. The van der Waals surface area contributed by atoms with Crippen molar-refractivity contribution in [3.05, 3.63) is 29.8 Å². The van der Waals surface area contributed by atoms with Gasteiger partial charge < -0.3 is 15.1 Å². The first kappa shape index (κ1) is 14.9. The van der Waals surface area contributed by atoms with Crippen molar-refractivity contribution in [3.63, 3.8) is 0 Å². The number of amides is 1. The standard InChI is InChI=1S/C16H25N3O/c1-5-19(12(2)11-18(3)4)16(20)14-10-17-15-9-7-6-8-13(14)15/h6-9,12,14,17H,5,10-11H2,1-4H3. The first-order valence-corrected chi connectivity index (χ1v) is 7.32. The number of fused-ring (bicyclic) bond motifs is 1. The molecular formula is C16H25N3O. The molecule has 4 nitrogen and oxygen atoms in total. The van der Waals surface area contributed by atoms with Gasteiger partial charge in [-0.2, -0.15) is 0 Å². The first-order valence-electron chi connectivity index (χ1n) is 7.32. The van der Waals surface area contributed by atoms with Crippen LogP contribution in [0.3, 0.4) is 0 Å². The highest BCUT2D eigenvalue weighted by molar-refractivity contribution is 5.88. The molecule has 1 aliphatic rings. The minimum absolute atomic E-state index is 0.0456. The molecule has 0 saturated carbocycles. The Hall–Kier alpha value is -1.55. The summed E-state index contributed by atoms with van der Waals surface area (Å²) in [5, 5.41) is 3.33. The number of hydrogen-bond acceptors (Lipinski definition) is 3. The van der Waals surface area contributed by atoms with Crippen molar-refractivity contribution in [2.24, 2.45) is 0 Å². The van der Waals surface area contributed by atoms with E-state index in [-0.39, 0.29) is 17.9 Å². The third kappa shape index (κ3) is 2.96. The van der Waals surface area contributed by atoms with Crippen molar-refractivity contribution in [1.29, 1.82) is 0 Å². The summed E-state index contributed by atoms with van der Waals surface area (Å²) in [7, 11) is 4.09. The number of nitrogens with one attached hydrogen (secondary N) is 1. The zero-order chi connectivity index (χ0) is 14.7. The smallest absolute Gasteiger partial charge is 0.232 e. The van der Waals surface area contributed by atoms with Crippen LogP contribution in [0.5, 0.6) is 0 Å². The van der Waals surface area contributed by atoms with Crippen molar-refractivity contribution in [2.45, 2.75) is 25.8 Å². The van der Waals surface area contributed by atoms with E-state index >= 15 is 0 Å². The van der Waals surface area contributed by atoms with Gasteiger partial charge in [0.2, 0.25) is 5.91 Å². The van der Waals surface area contributed by atoms with E-state index in [2.05, 4.69) is 30.1 Å². The topological polar surface area (TPSA) is 35.6 Å². The fourth-order valence-electron chi connectivity index (χ4n) is 3.02. The molecule has 0 aromatic heterocycles. The number of benzene rings is 1. The van der Waals surface area contributed by atoms with Gasteiger partial charge in [-0.3, -0.25) is 4.79 Å². The van der Waals surface area contributed by atoms with Crippen molar-refractivity contribution in [3.8, 4) is 0 Å². The highest BCUT2D eigenvalue weighted by atomic mass is 16.2. The van der Waals surface area contributed by atoms with Crippen LogP contribution < -0.4 is 5.32 Å².